The molecule has 0 aliphatic carbocycles. The van der Waals surface area contributed by atoms with Crippen molar-refractivity contribution >= 4 is 17.4 Å². The van der Waals surface area contributed by atoms with Gasteiger partial charge in [-0.15, -0.1) is 0 Å². The number of benzene rings is 2. The summed E-state index contributed by atoms with van der Waals surface area (Å²) in [6.07, 6.45) is 0.0390. The zero-order chi connectivity index (χ0) is 16.2. The van der Waals surface area contributed by atoms with Crippen LogP contribution in [0.25, 0.3) is 0 Å². The molecule has 0 saturated carbocycles. The lowest BCUT2D eigenvalue weighted by Gasteiger charge is -2.16. The van der Waals surface area contributed by atoms with Crippen molar-refractivity contribution in [2.45, 2.75) is 13.0 Å². The molecule has 1 heterocycles. The number of non-ortho nitro benzene ring substituents is 1. The van der Waals surface area contributed by atoms with Gasteiger partial charge >= 0.3 is 5.97 Å². The summed E-state index contributed by atoms with van der Waals surface area (Å²) in [7, 11) is 0. The number of fused-ring (bicyclic) bond motifs is 1. The lowest BCUT2D eigenvalue weighted by Crippen LogP contribution is -2.22. The maximum Gasteiger partial charge on any atom is 0.317 e. The molecule has 23 heavy (non-hydrogen) atoms. The third-order valence-electron chi connectivity index (χ3n) is 3.29. The van der Waals surface area contributed by atoms with Crippen molar-refractivity contribution in [3.63, 3.8) is 0 Å². The summed E-state index contributed by atoms with van der Waals surface area (Å²) in [5, 5.41) is 14.6. The van der Waals surface area contributed by atoms with Crippen molar-refractivity contribution in [2.75, 3.05) is 0 Å². The SMILES string of the molecule is O=C1C/C(=N\OCc2ccc([N+](=O)[O-])cc2)c2ccccc2O1. The highest BCUT2D eigenvalue weighted by Gasteiger charge is 2.23. The number of esters is 1. The molecule has 0 bridgehead atoms. The van der Waals surface area contributed by atoms with Gasteiger partial charge in [-0.3, -0.25) is 14.9 Å². The molecular formula is C16H12N2O5. The number of nitro groups is 1. The molecule has 1 aliphatic heterocycles. The third-order valence-corrected chi connectivity index (χ3v) is 3.29. The fourth-order valence-electron chi connectivity index (χ4n) is 2.16. The number of para-hydroxylation sites is 1. The molecule has 2 aromatic carbocycles. The van der Waals surface area contributed by atoms with E-state index in [9.17, 15) is 14.9 Å². The van der Waals surface area contributed by atoms with Crippen LogP contribution in [0.4, 0.5) is 5.69 Å². The molecule has 0 saturated heterocycles. The summed E-state index contributed by atoms with van der Waals surface area (Å²) < 4.78 is 5.12. The molecule has 0 spiro atoms. The number of ether oxygens (including phenoxy) is 1. The van der Waals surface area contributed by atoms with Gasteiger partial charge in [0.2, 0.25) is 0 Å². The van der Waals surface area contributed by atoms with Gasteiger partial charge in [0, 0.05) is 17.7 Å². The molecule has 7 heteroatoms. The smallest absolute Gasteiger partial charge is 0.317 e. The van der Waals surface area contributed by atoms with E-state index in [4.69, 9.17) is 9.57 Å². The van der Waals surface area contributed by atoms with Crippen LogP contribution in [0, 0.1) is 10.1 Å². The molecule has 1 aliphatic rings. The first kappa shape index (κ1) is 14.7. The Balaban J connectivity index is 1.71. The Morgan fingerprint density at radius 3 is 2.65 bits per heavy atom. The van der Waals surface area contributed by atoms with Crippen molar-refractivity contribution < 1.29 is 19.3 Å². The van der Waals surface area contributed by atoms with Crippen LogP contribution >= 0.6 is 0 Å². The quantitative estimate of drug-likeness (QED) is 0.375. The van der Waals surface area contributed by atoms with Crippen LogP contribution in [-0.4, -0.2) is 16.6 Å². The monoisotopic (exact) mass is 312 g/mol. The van der Waals surface area contributed by atoms with Crippen molar-refractivity contribution in [1.82, 2.24) is 0 Å². The second-order valence-electron chi connectivity index (χ2n) is 4.88. The highest BCUT2D eigenvalue weighted by Crippen LogP contribution is 2.25. The van der Waals surface area contributed by atoms with Crippen LogP contribution in [-0.2, 0) is 16.2 Å². The zero-order valence-electron chi connectivity index (χ0n) is 12.0. The Hall–Kier alpha value is -3.22. The molecule has 0 N–H and O–H groups in total. The fraction of sp³-hybridized carbons (Fsp3) is 0.125. The molecule has 2 aromatic rings. The predicted octanol–water partition coefficient (Wildman–Crippen LogP) is 2.82. The summed E-state index contributed by atoms with van der Waals surface area (Å²) in [6.45, 7) is 0.151. The summed E-state index contributed by atoms with van der Waals surface area (Å²) >= 11 is 0. The minimum absolute atomic E-state index is 0.0176. The third kappa shape index (κ3) is 3.34. The molecule has 0 atom stereocenters. The van der Waals surface area contributed by atoms with Crippen LogP contribution < -0.4 is 4.74 Å². The first-order valence-electron chi connectivity index (χ1n) is 6.86. The lowest BCUT2D eigenvalue weighted by molar-refractivity contribution is -0.384. The minimum atomic E-state index is -0.463. The first-order chi connectivity index (χ1) is 11.1. The highest BCUT2D eigenvalue weighted by molar-refractivity contribution is 6.13. The Kier molecular flexibility index (Phi) is 4.01. The van der Waals surface area contributed by atoms with Crippen LogP contribution in [0.2, 0.25) is 0 Å². The van der Waals surface area contributed by atoms with E-state index in [0.717, 1.165) is 11.1 Å². The maximum atomic E-state index is 11.5. The van der Waals surface area contributed by atoms with E-state index in [1.54, 1.807) is 30.3 Å². The van der Waals surface area contributed by atoms with Crippen LogP contribution in [0.15, 0.2) is 53.7 Å². The van der Waals surface area contributed by atoms with Gasteiger partial charge in [0.15, 0.2) is 0 Å². The second-order valence-corrected chi connectivity index (χ2v) is 4.88. The molecule has 0 radical (unpaired) electrons. The lowest BCUT2D eigenvalue weighted by atomic mass is 10.0. The normalized spacial score (nSPS) is 15.0. The maximum absolute atomic E-state index is 11.5. The van der Waals surface area contributed by atoms with Gasteiger partial charge in [-0.05, 0) is 29.8 Å². The molecule has 0 amide bonds. The van der Waals surface area contributed by atoms with Gasteiger partial charge in [-0.1, -0.05) is 17.3 Å². The van der Waals surface area contributed by atoms with Crippen molar-refractivity contribution in [3.8, 4) is 5.75 Å². The Bertz CT molecular complexity index is 783. The van der Waals surface area contributed by atoms with E-state index >= 15 is 0 Å². The topological polar surface area (TPSA) is 91.0 Å². The zero-order valence-corrected chi connectivity index (χ0v) is 12.0. The van der Waals surface area contributed by atoms with Crippen molar-refractivity contribution in [3.05, 3.63) is 69.8 Å². The van der Waals surface area contributed by atoms with Gasteiger partial charge in [-0.25, -0.2) is 0 Å². The van der Waals surface area contributed by atoms with Gasteiger partial charge in [0.05, 0.1) is 11.3 Å². The van der Waals surface area contributed by atoms with Crippen molar-refractivity contribution in [2.24, 2.45) is 5.16 Å². The molecule has 0 fully saturated rings. The second kappa shape index (κ2) is 6.27. The van der Waals surface area contributed by atoms with E-state index in [1.807, 2.05) is 6.07 Å². The number of carbonyl (C=O) groups is 1. The number of oxime groups is 1. The molecule has 7 nitrogen and oxygen atoms in total. The van der Waals surface area contributed by atoms with E-state index in [-0.39, 0.29) is 24.7 Å². The standard InChI is InChI=1S/C16H12N2O5/c19-16-9-14(13-3-1-2-4-15(13)23-16)17-22-10-11-5-7-12(8-6-11)18(20)21/h1-8H,9-10H2/b17-14+. The molecule has 0 aromatic heterocycles. The average Bonchev–Trinajstić information content (AvgIpc) is 2.55. The van der Waals surface area contributed by atoms with Gasteiger partial charge in [-0.2, -0.15) is 0 Å². The van der Waals surface area contributed by atoms with Crippen LogP contribution in [0.1, 0.15) is 17.5 Å². The van der Waals surface area contributed by atoms with E-state index in [0.29, 0.717) is 11.5 Å². The largest absolute Gasteiger partial charge is 0.426 e. The molecular weight excluding hydrogens is 300 g/mol. The van der Waals surface area contributed by atoms with Crippen LogP contribution in [0.5, 0.6) is 5.75 Å². The average molecular weight is 312 g/mol. The number of nitrogens with zero attached hydrogens (tertiary/aromatic N) is 2. The number of nitro benzene ring substituents is 1. The fourth-order valence-corrected chi connectivity index (χ4v) is 2.16. The summed E-state index contributed by atoms with van der Waals surface area (Å²) in [5.41, 5.74) is 1.98. The van der Waals surface area contributed by atoms with Gasteiger partial charge < -0.3 is 9.57 Å². The van der Waals surface area contributed by atoms with E-state index in [1.165, 1.54) is 12.1 Å². The first-order valence-corrected chi connectivity index (χ1v) is 6.86. The minimum Gasteiger partial charge on any atom is -0.426 e. The van der Waals surface area contributed by atoms with Crippen LogP contribution in [0.3, 0.4) is 0 Å². The van der Waals surface area contributed by atoms with Gasteiger partial charge in [0.1, 0.15) is 18.1 Å². The summed E-state index contributed by atoms with van der Waals surface area (Å²) in [5.74, 6) is 0.0721. The Labute approximate surface area is 131 Å². The number of rotatable bonds is 4. The molecule has 116 valence electrons. The van der Waals surface area contributed by atoms with E-state index < -0.39 is 4.92 Å². The molecule has 0 unspecified atom stereocenters. The highest BCUT2D eigenvalue weighted by atomic mass is 16.6. The van der Waals surface area contributed by atoms with Crippen molar-refractivity contribution in [1.29, 1.82) is 0 Å². The predicted molar refractivity (Wildman–Crippen MR) is 81.1 cm³/mol. The number of hydrogen-bond donors (Lipinski definition) is 0. The van der Waals surface area contributed by atoms with Gasteiger partial charge in [0.25, 0.3) is 5.69 Å². The molecule has 3 rings (SSSR count). The number of carbonyl (C=O) groups excluding carboxylic acids is 1. The number of hydrogen-bond acceptors (Lipinski definition) is 6. The van der Waals surface area contributed by atoms with E-state index in [2.05, 4.69) is 5.16 Å². The summed E-state index contributed by atoms with van der Waals surface area (Å²) in [6, 6.07) is 13.1. The summed E-state index contributed by atoms with van der Waals surface area (Å²) in [4.78, 5) is 26.9. The Morgan fingerprint density at radius 1 is 1.17 bits per heavy atom. The Morgan fingerprint density at radius 2 is 1.91 bits per heavy atom.